The molecule has 2 rings (SSSR count). The van der Waals surface area contributed by atoms with E-state index in [0.717, 1.165) is 25.2 Å². The molecule has 0 aromatic heterocycles. The first-order chi connectivity index (χ1) is 10.2. The second-order valence-electron chi connectivity index (χ2n) is 5.51. The van der Waals surface area contributed by atoms with E-state index in [9.17, 15) is 4.79 Å². The van der Waals surface area contributed by atoms with Gasteiger partial charge in [0.15, 0.2) is 0 Å². The predicted octanol–water partition coefficient (Wildman–Crippen LogP) is 2.91. The van der Waals surface area contributed by atoms with Crippen LogP contribution in [0, 0.1) is 0 Å². The molecule has 21 heavy (non-hydrogen) atoms. The first kappa shape index (κ1) is 16.3. The summed E-state index contributed by atoms with van der Waals surface area (Å²) in [6, 6.07) is 7.77. The minimum Gasteiger partial charge on any atom is -0.396 e. The number of benzene rings is 1. The maximum Gasteiger partial charge on any atom is 0.225 e. The Labute approximate surface area is 131 Å². The van der Waals surface area contributed by atoms with Crippen molar-refractivity contribution in [3.8, 4) is 0 Å². The summed E-state index contributed by atoms with van der Waals surface area (Å²) in [6.07, 6.45) is 4.93. The summed E-state index contributed by atoms with van der Waals surface area (Å²) in [5, 5.41) is 12.5. The third-order valence-electron chi connectivity index (χ3n) is 3.93. The second-order valence-corrected chi connectivity index (χ2v) is 5.94. The first-order valence-corrected chi connectivity index (χ1v) is 7.97. The number of rotatable bonds is 8. The van der Waals surface area contributed by atoms with E-state index in [1.165, 1.54) is 19.3 Å². The summed E-state index contributed by atoms with van der Waals surface area (Å²) in [6.45, 7) is 1.82. The predicted molar refractivity (Wildman–Crippen MR) is 85.6 cm³/mol. The van der Waals surface area contributed by atoms with Crippen LogP contribution in [0.2, 0.25) is 5.02 Å². The molecule has 5 heteroatoms. The molecule has 116 valence electrons. The molecule has 1 aromatic rings. The fourth-order valence-corrected chi connectivity index (χ4v) is 2.73. The van der Waals surface area contributed by atoms with Crippen LogP contribution in [0.15, 0.2) is 24.3 Å². The summed E-state index contributed by atoms with van der Waals surface area (Å²) in [7, 11) is 0. The number of carbonyl (C=O) groups excluding carboxylic acids is 1. The zero-order valence-corrected chi connectivity index (χ0v) is 13.0. The van der Waals surface area contributed by atoms with Crippen molar-refractivity contribution in [2.24, 2.45) is 0 Å². The maximum atomic E-state index is 12.0. The van der Waals surface area contributed by atoms with Gasteiger partial charge in [-0.2, -0.15) is 0 Å². The normalized spacial score (nSPS) is 15.0. The van der Waals surface area contributed by atoms with Gasteiger partial charge in [-0.15, -0.1) is 0 Å². The smallest absolute Gasteiger partial charge is 0.225 e. The number of halogens is 1. The Morgan fingerprint density at radius 1 is 1.38 bits per heavy atom. The van der Waals surface area contributed by atoms with Gasteiger partial charge in [0.05, 0.1) is 0 Å². The molecule has 0 saturated heterocycles. The number of amides is 1. The van der Waals surface area contributed by atoms with E-state index < -0.39 is 0 Å². The first-order valence-electron chi connectivity index (χ1n) is 7.59. The summed E-state index contributed by atoms with van der Waals surface area (Å²) < 4.78 is 0. The van der Waals surface area contributed by atoms with Gasteiger partial charge in [-0.05, 0) is 37.5 Å². The van der Waals surface area contributed by atoms with Crippen LogP contribution in [0.3, 0.4) is 0 Å². The SMILES string of the molecule is O=C(CCN(CCCO)C1CCC1)Nc1cccc(Cl)c1. The van der Waals surface area contributed by atoms with E-state index in [4.69, 9.17) is 16.7 Å². The van der Waals surface area contributed by atoms with E-state index in [-0.39, 0.29) is 12.5 Å². The number of carbonyl (C=O) groups is 1. The van der Waals surface area contributed by atoms with Crippen molar-refractivity contribution in [3.05, 3.63) is 29.3 Å². The van der Waals surface area contributed by atoms with E-state index in [1.807, 2.05) is 12.1 Å². The Bertz CT molecular complexity index is 463. The molecule has 0 bridgehead atoms. The Hall–Kier alpha value is -1.10. The molecule has 1 saturated carbocycles. The van der Waals surface area contributed by atoms with Crippen molar-refractivity contribution >= 4 is 23.2 Å². The van der Waals surface area contributed by atoms with E-state index >= 15 is 0 Å². The van der Waals surface area contributed by atoms with Gasteiger partial charge in [-0.3, -0.25) is 9.69 Å². The highest BCUT2D eigenvalue weighted by atomic mass is 35.5. The van der Waals surface area contributed by atoms with Crippen LogP contribution in [0.5, 0.6) is 0 Å². The van der Waals surface area contributed by atoms with E-state index in [0.29, 0.717) is 17.5 Å². The quantitative estimate of drug-likeness (QED) is 0.776. The molecular weight excluding hydrogens is 288 g/mol. The number of aliphatic hydroxyl groups excluding tert-OH is 1. The third-order valence-corrected chi connectivity index (χ3v) is 4.16. The van der Waals surface area contributed by atoms with Crippen LogP contribution >= 0.6 is 11.6 Å². The van der Waals surface area contributed by atoms with Crippen molar-refractivity contribution in [3.63, 3.8) is 0 Å². The molecule has 0 radical (unpaired) electrons. The van der Waals surface area contributed by atoms with Gasteiger partial charge in [-0.25, -0.2) is 0 Å². The molecule has 0 aliphatic heterocycles. The molecule has 0 atom stereocenters. The average molecular weight is 311 g/mol. The lowest BCUT2D eigenvalue weighted by Crippen LogP contribution is -2.42. The minimum absolute atomic E-state index is 0.00517. The summed E-state index contributed by atoms with van der Waals surface area (Å²) in [4.78, 5) is 14.3. The van der Waals surface area contributed by atoms with Gasteiger partial charge in [0.2, 0.25) is 5.91 Å². The molecule has 1 aliphatic carbocycles. The number of aliphatic hydroxyl groups is 1. The molecule has 4 nitrogen and oxygen atoms in total. The van der Waals surface area contributed by atoms with Gasteiger partial charge in [0, 0.05) is 42.9 Å². The number of hydrogen-bond acceptors (Lipinski definition) is 3. The minimum atomic E-state index is 0.00517. The van der Waals surface area contributed by atoms with Crippen molar-refractivity contribution in [2.45, 2.75) is 38.1 Å². The Kier molecular flexibility index (Phi) is 6.49. The zero-order chi connectivity index (χ0) is 15.1. The second kappa shape index (κ2) is 8.37. The third kappa shape index (κ3) is 5.30. The average Bonchev–Trinajstić information content (AvgIpc) is 2.39. The number of nitrogens with one attached hydrogen (secondary N) is 1. The molecule has 0 spiro atoms. The molecule has 1 amide bonds. The highest BCUT2D eigenvalue weighted by Crippen LogP contribution is 2.25. The Morgan fingerprint density at radius 2 is 2.19 bits per heavy atom. The summed E-state index contributed by atoms with van der Waals surface area (Å²) >= 11 is 5.90. The molecule has 1 aromatic carbocycles. The van der Waals surface area contributed by atoms with Crippen LogP contribution in [0.1, 0.15) is 32.1 Å². The topological polar surface area (TPSA) is 52.6 Å². The lowest BCUT2D eigenvalue weighted by molar-refractivity contribution is -0.116. The number of anilines is 1. The molecule has 1 aliphatic rings. The van der Waals surface area contributed by atoms with Crippen LogP contribution in [-0.2, 0) is 4.79 Å². The van der Waals surface area contributed by atoms with Crippen molar-refractivity contribution in [1.29, 1.82) is 0 Å². The molecule has 2 N–H and O–H groups in total. The maximum absolute atomic E-state index is 12.0. The highest BCUT2D eigenvalue weighted by Gasteiger charge is 2.24. The van der Waals surface area contributed by atoms with Gasteiger partial charge >= 0.3 is 0 Å². The molecule has 1 fully saturated rings. The summed E-state index contributed by atoms with van der Waals surface area (Å²) in [5.41, 5.74) is 0.734. The fourth-order valence-electron chi connectivity index (χ4n) is 2.54. The van der Waals surface area contributed by atoms with Gasteiger partial charge < -0.3 is 10.4 Å². The highest BCUT2D eigenvalue weighted by molar-refractivity contribution is 6.30. The lowest BCUT2D eigenvalue weighted by atomic mass is 9.91. The Balaban J connectivity index is 1.78. The van der Waals surface area contributed by atoms with Gasteiger partial charge in [0.25, 0.3) is 0 Å². The van der Waals surface area contributed by atoms with Gasteiger partial charge in [-0.1, -0.05) is 24.1 Å². The van der Waals surface area contributed by atoms with Crippen LogP contribution < -0.4 is 5.32 Å². The molecule has 0 heterocycles. The van der Waals surface area contributed by atoms with E-state index in [1.54, 1.807) is 12.1 Å². The van der Waals surface area contributed by atoms with Gasteiger partial charge in [0.1, 0.15) is 0 Å². The largest absolute Gasteiger partial charge is 0.396 e. The van der Waals surface area contributed by atoms with Crippen molar-refractivity contribution in [1.82, 2.24) is 4.90 Å². The van der Waals surface area contributed by atoms with Crippen LogP contribution in [0.25, 0.3) is 0 Å². The standard InChI is InChI=1S/C16H23ClN2O2/c17-13-4-1-5-14(12-13)18-16(21)8-10-19(9-3-11-20)15-6-2-7-15/h1,4-5,12,15,20H,2-3,6-11H2,(H,18,21). The fraction of sp³-hybridized carbons (Fsp3) is 0.562. The number of nitrogens with zero attached hydrogens (tertiary/aromatic N) is 1. The molecular formula is C16H23ClN2O2. The number of hydrogen-bond donors (Lipinski definition) is 2. The lowest BCUT2D eigenvalue weighted by Gasteiger charge is -2.37. The molecule has 0 unspecified atom stereocenters. The zero-order valence-electron chi connectivity index (χ0n) is 12.2. The van der Waals surface area contributed by atoms with Crippen LogP contribution in [0.4, 0.5) is 5.69 Å². The van der Waals surface area contributed by atoms with Crippen LogP contribution in [-0.4, -0.2) is 41.7 Å². The Morgan fingerprint density at radius 3 is 2.81 bits per heavy atom. The van der Waals surface area contributed by atoms with Crippen molar-refractivity contribution in [2.75, 3.05) is 25.0 Å². The monoisotopic (exact) mass is 310 g/mol. The summed E-state index contributed by atoms with van der Waals surface area (Å²) in [5.74, 6) is 0.00517. The van der Waals surface area contributed by atoms with E-state index in [2.05, 4.69) is 10.2 Å². The van der Waals surface area contributed by atoms with Crippen molar-refractivity contribution < 1.29 is 9.90 Å².